The third-order valence-corrected chi connectivity index (χ3v) is 19.1. The second kappa shape index (κ2) is 45.3. The molecular weight excluding hydrogens is 1430 g/mol. The molecule has 4 rings (SSSR count). The highest BCUT2D eigenvalue weighted by atomic mass is 16.5. The largest absolute Gasteiger partial charge is 0.504 e. The molecule has 13 amide bonds. The van der Waals surface area contributed by atoms with Gasteiger partial charge in [-0.05, 0) is 96.9 Å². The summed E-state index contributed by atoms with van der Waals surface area (Å²) in [5.74, 6) is -18.5. The Kier molecular flexibility index (Phi) is 38.4. The molecule has 1 aromatic rings. The van der Waals surface area contributed by atoms with Crippen LogP contribution in [0.3, 0.4) is 0 Å². The lowest BCUT2D eigenvalue weighted by atomic mass is 9.99. The number of ether oxygens (including phenoxy) is 1. The number of fused-ring (bicyclic) bond motifs is 2. The van der Waals surface area contributed by atoms with Crippen molar-refractivity contribution in [2.75, 3.05) is 26.2 Å². The third kappa shape index (κ3) is 29.1. The molecule has 3 aliphatic rings. The fourth-order valence-corrected chi connectivity index (χ4v) is 12.8. The summed E-state index contributed by atoms with van der Waals surface area (Å²) in [4.78, 5) is 199. The van der Waals surface area contributed by atoms with Gasteiger partial charge < -0.3 is 125 Å². The van der Waals surface area contributed by atoms with Crippen molar-refractivity contribution in [3.8, 4) is 11.5 Å². The molecular formula is C71H116N14O24. The Morgan fingerprint density at radius 3 is 1.62 bits per heavy atom. The molecule has 38 nitrogen and oxygen atoms in total. The number of unbranched alkanes of at least 4 members (excludes halogenated alkanes) is 10. The summed E-state index contributed by atoms with van der Waals surface area (Å²) in [6.45, 7) is 8.49. The Labute approximate surface area is 632 Å². The normalized spacial score (nSPS) is 28.0. The van der Waals surface area contributed by atoms with Crippen LogP contribution in [0.2, 0.25) is 0 Å². The fraction of sp³-hybridized carbons (Fsp3) is 0.718. The highest BCUT2D eigenvalue weighted by molar-refractivity contribution is 6.00. The molecule has 19 atom stereocenters. The highest BCUT2D eigenvalue weighted by Crippen LogP contribution is 2.28. The maximum Gasteiger partial charge on any atom is 0.328 e. The second-order valence-corrected chi connectivity index (χ2v) is 28.8. The van der Waals surface area contributed by atoms with E-state index in [2.05, 4.69) is 60.1 Å². The van der Waals surface area contributed by atoms with E-state index >= 15 is 0 Å². The number of benzene rings is 1. The fourth-order valence-electron chi connectivity index (χ4n) is 12.8. The lowest BCUT2D eigenvalue weighted by Gasteiger charge is -2.34. The number of amides is 13. The van der Waals surface area contributed by atoms with Gasteiger partial charge in [-0.3, -0.25) is 62.3 Å². The number of aliphatic hydroxyl groups excluding tert-OH is 7. The predicted molar refractivity (Wildman–Crippen MR) is 387 cm³/mol. The van der Waals surface area contributed by atoms with Crippen LogP contribution in [0.1, 0.15) is 177 Å². The van der Waals surface area contributed by atoms with Gasteiger partial charge in [0, 0.05) is 25.9 Å². The van der Waals surface area contributed by atoms with Crippen LogP contribution in [-0.2, 0) is 78.3 Å². The maximum absolute atomic E-state index is 14.8. The van der Waals surface area contributed by atoms with Gasteiger partial charge in [0.1, 0.15) is 72.6 Å². The molecule has 0 saturated carbocycles. The summed E-state index contributed by atoms with van der Waals surface area (Å²) in [7, 11) is 0. The molecule has 614 valence electrons. The first kappa shape index (κ1) is 92.5. The number of hydrogen-bond donors (Lipinski definition) is 21. The minimum absolute atomic E-state index is 0.0248. The Morgan fingerprint density at radius 2 is 1.06 bits per heavy atom. The first-order valence-corrected chi connectivity index (χ1v) is 37.4. The van der Waals surface area contributed by atoms with Crippen LogP contribution >= 0.6 is 0 Å². The zero-order valence-corrected chi connectivity index (χ0v) is 63.2. The van der Waals surface area contributed by atoms with Crippen molar-refractivity contribution in [2.45, 2.75) is 293 Å². The number of rotatable bonds is 25. The van der Waals surface area contributed by atoms with Gasteiger partial charge in [0.15, 0.2) is 11.5 Å². The molecule has 109 heavy (non-hydrogen) atoms. The number of hydrogen-bond acceptors (Lipinski definition) is 25. The molecule has 0 aromatic heterocycles. The minimum atomic E-state index is -2.23. The number of aromatic hydroxyl groups is 2. The van der Waals surface area contributed by atoms with Crippen LogP contribution in [0.15, 0.2) is 18.2 Å². The van der Waals surface area contributed by atoms with E-state index in [9.17, 15) is 113 Å². The van der Waals surface area contributed by atoms with E-state index in [1.54, 1.807) is 0 Å². The van der Waals surface area contributed by atoms with Crippen molar-refractivity contribution < 1.29 is 118 Å². The van der Waals surface area contributed by atoms with Gasteiger partial charge in [-0.1, -0.05) is 91.0 Å². The first-order chi connectivity index (χ1) is 51.3. The number of phenolic OH excluding ortho intramolecular Hbond substituents is 2. The van der Waals surface area contributed by atoms with Gasteiger partial charge >= 0.3 is 5.97 Å². The van der Waals surface area contributed by atoms with Gasteiger partial charge in [0.05, 0.1) is 62.1 Å². The van der Waals surface area contributed by atoms with Crippen molar-refractivity contribution in [1.29, 1.82) is 0 Å². The second-order valence-electron chi connectivity index (χ2n) is 28.8. The van der Waals surface area contributed by atoms with Crippen LogP contribution < -0.4 is 64.6 Å². The molecule has 0 bridgehead atoms. The number of aliphatic hydroxyl groups is 7. The standard InChI is InChI=1S/C71H116N14O24/c1-9-10-11-12-13-14-15-16-17-18-19-21-43-31-52(96)78-55(37(5)86)65(102)75-36(4)61(98)77-45(28-41-23-24-47(91)49(93)29-41)62(99)80-54(35(2)3)69(106)85-34-42(90)30-46(85)63(100)81-57(39(7)88)67(104)82-58(40(8)89)70(107)84-27-25-48(92)60(84)68(105)83-59(50(94)32-51(73)95)64(101)74-33-53(97)79-56(38(6)87)66(103)76-44(22-20-26-72)71(108)109-43/h23-24,29,35-40,42-46,48,50,54-60,86-94H,9-22,25-28,30-34,72H2,1-8H3,(H2,73,95)(H,74,101)(H,75,102)(H,76,103)(H,77,98)(H,78,96)(H,79,97)(H,80,99)(H,81,100)(H,82,104)(H,83,105). The Morgan fingerprint density at radius 1 is 0.550 bits per heavy atom. The van der Waals surface area contributed by atoms with E-state index < -0.39 is 261 Å². The molecule has 3 saturated heterocycles. The van der Waals surface area contributed by atoms with Crippen molar-refractivity contribution >= 4 is 82.8 Å². The summed E-state index contributed by atoms with van der Waals surface area (Å²) in [6.07, 6.45) is -6.42. The van der Waals surface area contributed by atoms with E-state index in [-0.39, 0.29) is 37.8 Å². The van der Waals surface area contributed by atoms with Gasteiger partial charge in [0.25, 0.3) is 0 Å². The number of cyclic esters (lactones) is 1. The van der Waals surface area contributed by atoms with E-state index in [4.69, 9.17) is 16.2 Å². The molecule has 0 spiro atoms. The topological polar surface area (TPSA) is 609 Å². The SMILES string of the molecule is CCCCCCCCCCCCCC1CC(=O)NC(C(C)O)C(=O)NC(C)C(=O)NC(Cc2ccc(O)c(O)c2)C(=O)NC(C(C)C)C(=O)N2CC(O)CC2C(=O)NC(C(C)O)C(=O)NC(C(C)O)C(=O)N2CCC(O)C2C(=O)NC(C(O)CC(N)=O)C(=O)NCC(=O)NC(C(C)O)C(=O)NC(CCCN)C(=O)O1. The van der Waals surface area contributed by atoms with Crippen molar-refractivity contribution in [3.63, 3.8) is 0 Å². The lowest BCUT2D eigenvalue weighted by Crippen LogP contribution is -2.64. The van der Waals surface area contributed by atoms with E-state index in [0.29, 0.717) is 17.7 Å². The van der Waals surface area contributed by atoms with Crippen LogP contribution in [0.25, 0.3) is 0 Å². The Balaban J connectivity index is 1.81. The molecule has 19 unspecified atom stereocenters. The molecule has 3 heterocycles. The zero-order valence-electron chi connectivity index (χ0n) is 63.2. The molecule has 23 N–H and O–H groups in total. The molecule has 38 heteroatoms. The summed E-state index contributed by atoms with van der Waals surface area (Å²) in [5, 5.41) is 121. The van der Waals surface area contributed by atoms with Crippen LogP contribution in [0.5, 0.6) is 11.5 Å². The summed E-state index contributed by atoms with van der Waals surface area (Å²) >= 11 is 0. The zero-order chi connectivity index (χ0) is 81.7. The quantitative estimate of drug-likeness (QED) is 0.0246. The molecule has 3 fully saturated rings. The number of nitrogens with two attached hydrogens (primary N) is 2. The van der Waals surface area contributed by atoms with E-state index in [1.165, 1.54) is 26.8 Å². The Bertz CT molecular complexity index is 3270. The number of nitrogens with zero attached hydrogens (tertiary/aromatic N) is 2. The number of primary amides is 1. The van der Waals surface area contributed by atoms with Gasteiger partial charge in [-0.15, -0.1) is 0 Å². The van der Waals surface area contributed by atoms with Crippen LogP contribution in [0, 0.1) is 5.92 Å². The number of nitrogens with one attached hydrogen (secondary N) is 10. The first-order valence-electron chi connectivity index (χ1n) is 37.4. The van der Waals surface area contributed by atoms with Gasteiger partial charge in [-0.25, -0.2) is 4.79 Å². The van der Waals surface area contributed by atoms with Crippen LogP contribution in [-0.4, -0.2) is 280 Å². The highest BCUT2D eigenvalue weighted by Gasteiger charge is 2.48. The predicted octanol–water partition coefficient (Wildman–Crippen LogP) is -5.77. The monoisotopic (exact) mass is 1550 g/mol. The van der Waals surface area contributed by atoms with E-state index in [0.717, 1.165) is 103 Å². The third-order valence-electron chi connectivity index (χ3n) is 19.1. The van der Waals surface area contributed by atoms with Crippen molar-refractivity contribution in [1.82, 2.24) is 63.0 Å². The Hall–Kier alpha value is -8.92. The average Bonchev–Trinajstić information content (AvgIpc) is 1.70. The smallest absolute Gasteiger partial charge is 0.328 e. The van der Waals surface area contributed by atoms with Gasteiger partial charge in [-0.2, -0.15) is 0 Å². The summed E-state index contributed by atoms with van der Waals surface area (Å²) in [6, 6.07) is -16.7. The van der Waals surface area contributed by atoms with Crippen molar-refractivity contribution in [3.05, 3.63) is 23.8 Å². The lowest BCUT2D eigenvalue weighted by molar-refractivity contribution is -0.155. The number of phenols is 2. The summed E-state index contributed by atoms with van der Waals surface area (Å²) < 4.78 is 5.94. The average molecular weight is 1550 g/mol. The molecule has 1 aromatic carbocycles. The maximum atomic E-state index is 14.8. The number of carbonyl (C=O) groups is 14. The molecule has 0 aliphatic carbocycles. The van der Waals surface area contributed by atoms with Crippen molar-refractivity contribution in [2.24, 2.45) is 17.4 Å². The van der Waals surface area contributed by atoms with E-state index in [1.807, 2.05) is 0 Å². The number of esters is 1. The number of carbonyl (C=O) groups excluding carboxylic acids is 14. The summed E-state index contributed by atoms with van der Waals surface area (Å²) in [5.41, 5.74) is 11.3. The molecule has 3 aliphatic heterocycles. The molecule has 0 radical (unpaired) electrons. The van der Waals surface area contributed by atoms with Crippen LogP contribution in [0.4, 0.5) is 0 Å². The van der Waals surface area contributed by atoms with Gasteiger partial charge in [0.2, 0.25) is 76.8 Å². The minimum Gasteiger partial charge on any atom is -0.504 e.